The number of nitro groups is 1. The minimum atomic E-state index is -1.12. The van der Waals surface area contributed by atoms with Gasteiger partial charge in [0.1, 0.15) is 5.82 Å². The summed E-state index contributed by atoms with van der Waals surface area (Å²) in [5.41, 5.74) is 0.666. The molecule has 1 atom stereocenters. The lowest BCUT2D eigenvalue weighted by molar-refractivity contribution is -0.384. The van der Waals surface area contributed by atoms with Gasteiger partial charge in [-0.3, -0.25) is 14.9 Å². The van der Waals surface area contributed by atoms with Gasteiger partial charge in [-0.05, 0) is 48.9 Å². The van der Waals surface area contributed by atoms with Crippen LogP contribution >= 0.6 is 11.6 Å². The summed E-state index contributed by atoms with van der Waals surface area (Å²) in [6.07, 6.45) is 1.36. The summed E-state index contributed by atoms with van der Waals surface area (Å²) < 4.78 is 18.0. The van der Waals surface area contributed by atoms with Crippen molar-refractivity contribution in [3.63, 3.8) is 0 Å². The van der Waals surface area contributed by atoms with Gasteiger partial charge in [-0.2, -0.15) is 0 Å². The van der Waals surface area contributed by atoms with Gasteiger partial charge in [-0.15, -0.1) is 0 Å². The third-order valence-corrected chi connectivity index (χ3v) is 3.68. The maximum atomic E-state index is 13.0. The van der Waals surface area contributed by atoms with E-state index in [1.807, 2.05) is 0 Å². The number of carbonyl (C=O) groups excluding carboxylic acids is 2. The molecule has 0 radical (unpaired) electrons. The van der Waals surface area contributed by atoms with E-state index >= 15 is 0 Å². The number of carbonyl (C=O) groups is 2. The number of esters is 1. The van der Waals surface area contributed by atoms with Crippen LogP contribution in [0.25, 0.3) is 6.08 Å². The minimum Gasteiger partial charge on any atom is -0.449 e. The van der Waals surface area contributed by atoms with Gasteiger partial charge in [0.25, 0.3) is 11.6 Å². The standard InChI is InChI=1S/C18H14ClFN2O5/c1-11(18(24)21-16-8-5-13(20)10-15(16)19)27-17(23)9-4-12-2-6-14(7-3-12)22(25)26/h2-11H,1H3,(H,21,24)/b9-4+. The summed E-state index contributed by atoms with van der Waals surface area (Å²) in [5.74, 6) is -1.96. The van der Waals surface area contributed by atoms with E-state index in [2.05, 4.69) is 5.32 Å². The Balaban J connectivity index is 1.92. The average molecular weight is 393 g/mol. The molecular formula is C18H14ClFN2O5. The number of benzene rings is 2. The molecule has 0 saturated heterocycles. The molecule has 0 fully saturated rings. The predicted molar refractivity (Wildman–Crippen MR) is 97.7 cm³/mol. The molecule has 0 heterocycles. The molecule has 1 unspecified atom stereocenters. The van der Waals surface area contributed by atoms with Gasteiger partial charge in [0.15, 0.2) is 6.10 Å². The fourth-order valence-electron chi connectivity index (χ4n) is 1.96. The van der Waals surface area contributed by atoms with Crippen LogP contribution in [0.2, 0.25) is 5.02 Å². The lowest BCUT2D eigenvalue weighted by Crippen LogP contribution is -2.29. The molecule has 7 nitrogen and oxygen atoms in total. The number of halogens is 2. The molecule has 2 aromatic rings. The largest absolute Gasteiger partial charge is 0.449 e. The Kier molecular flexibility index (Phi) is 6.62. The monoisotopic (exact) mass is 392 g/mol. The average Bonchev–Trinajstić information content (AvgIpc) is 2.62. The molecule has 27 heavy (non-hydrogen) atoms. The number of ether oxygens (including phenoxy) is 1. The van der Waals surface area contributed by atoms with Crippen molar-refractivity contribution in [3.8, 4) is 0 Å². The molecule has 140 valence electrons. The molecule has 0 aliphatic heterocycles. The van der Waals surface area contributed by atoms with E-state index in [4.69, 9.17) is 16.3 Å². The number of hydrogen-bond donors (Lipinski definition) is 1. The minimum absolute atomic E-state index is 0.0138. The van der Waals surface area contributed by atoms with Crippen molar-refractivity contribution < 1.29 is 23.6 Å². The molecule has 1 amide bonds. The van der Waals surface area contributed by atoms with Gasteiger partial charge < -0.3 is 10.1 Å². The van der Waals surface area contributed by atoms with Crippen molar-refractivity contribution in [2.45, 2.75) is 13.0 Å². The van der Waals surface area contributed by atoms with Gasteiger partial charge >= 0.3 is 5.97 Å². The predicted octanol–water partition coefficient (Wildman–Crippen LogP) is 3.97. The van der Waals surface area contributed by atoms with E-state index < -0.39 is 28.7 Å². The molecule has 0 aliphatic rings. The molecule has 0 spiro atoms. The first-order chi connectivity index (χ1) is 12.8. The molecule has 0 bridgehead atoms. The van der Waals surface area contributed by atoms with Crippen LogP contribution in [0.1, 0.15) is 12.5 Å². The second kappa shape index (κ2) is 8.91. The third-order valence-electron chi connectivity index (χ3n) is 3.37. The second-order valence-electron chi connectivity index (χ2n) is 5.37. The zero-order chi connectivity index (χ0) is 20.0. The van der Waals surface area contributed by atoms with Gasteiger partial charge in [-0.1, -0.05) is 11.6 Å². The molecule has 0 aromatic heterocycles. The second-order valence-corrected chi connectivity index (χ2v) is 5.78. The summed E-state index contributed by atoms with van der Waals surface area (Å²) >= 11 is 5.82. The Bertz CT molecular complexity index is 899. The molecule has 1 N–H and O–H groups in total. The quantitative estimate of drug-likeness (QED) is 0.347. The number of non-ortho nitro benzene ring substituents is 1. The molecule has 0 aliphatic carbocycles. The molecule has 0 saturated carbocycles. The lowest BCUT2D eigenvalue weighted by Gasteiger charge is -2.13. The van der Waals surface area contributed by atoms with Gasteiger partial charge in [0.2, 0.25) is 0 Å². The lowest BCUT2D eigenvalue weighted by atomic mass is 10.2. The number of rotatable bonds is 6. The van der Waals surface area contributed by atoms with Crippen molar-refractivity contribution in [2.75, 3.05) is 5.32 Å². The highest BCUT2D eigenvalue weighted by Crippen LogP contribution is 2.22. The zero-order valence-corrected chi connectivity index (χ0v) is 14.8. The molecular weight excluding hydrogens is 379 g/mol. The normalized spacial score (nSPS) is 11.8. The van der Waals surface area contributed by atoms with Crippen LogP contribution in [0.15, 0.2) is 48.5 Å². The van der Waals surface area contributed by atoms with E-state index in [0.29, 0.717) is 5.56 Å². The van der Waals surface area contributed by atoms with Crippen molar-refractivity contribution in [1.29, 1.82) is 0 Å². The third kappa shape index (κ3) is 5.89. The fourth-order valence-corrected chi connectivity index (χ4v) is 2.18. The summed E-state index contributed by atoms with van der Waals surface area (Å²) in [6.45, 7) is 1.37. The van der Waals surface area contributed by atoms with E-state index in [-0.39, 0.29) is 16.4 Å². The molecule has 9 heteroatoms. The topological polar surface area (TPSA) is 98.5 Å². The van der Waals surface area contributed by atoms with Crippen LogP contribution in [0.5, 0.6) is 0 Å². The Morgan fingerprint density at radius 2 is 1.93 bits per heavy atom. The Morgan fingerprint density at radius 1 is 1.26 bits per heavy atom. The number of hydrogen-bond acceptors (Lipinski definition) is 5. The van der Waals surface area contributed by atoms with Crippen LogP contribution in [-0.2, 0) is 14.3 Å². The molecule has 2 rings (SSSR count). The van der Waals surface area contributed by atoms with E-state index in [1.165, 1.54) is 43.3 Å². The summed E-state index contributed by atoms with van der Waals surface area (Å²) in [4.78, 5) is 33.9. The van der Waals surface area contributed by atoms with Crippen LogP contribution in [-0.4, -0.2) is 22.9 Å². The maximum absolute atomic E-state index is 13.0. The first-order valence-electron chi connectivity index (χ1n) is 7.65. The van der Waals surface area contributed by atoms with Crippen LogP contribution in [0, 0.1) is 15.9 Å². The van der Waals surface area contributed by atoms with Crippen LogP contribution in [0.4, 0.5) is 15.8 Å². The summed E-state index contributed by atoms with van der Waals surface area (Å²) in [5, 5.41) is 13.0. The highest BCUT2D eigenvalue weighted by atomic mass is 35.5. The van der Waals surface area contributed by atoms with Crippen LogP contribution in [0.3, 0.4) is 0 Å². The van der Waals surface area contributed by atoms with E-state index in [1.54, 1.807) is 0 Å². The highest BCUT2D eigenvalue weighted by Gasteiger charge is 2.18. The smallest absolute Gasteiger partial charge is 0.331 e. The number of nitro benzene ring substituents is 1. The molecule has 2 aromatic carbocycles. The Hall–Kier alpha value is -3.26. The fraction of sp³-hybridized carbons (Fsp3) is 0.111. The van der Waals surface area contributed by atoms with E-state index in [0.717, 1.165) is 18.2 Å². The van der Waals surface area contributed by atoms with E-state index in [9.17, 15) is 24.1 Å². The Labute approximate surface area is 158 Å². The van der Waals surface area contributed by atoms with Gasteiger partial charge in [0, 0.05) is 18.2 Å². The van der Waals surface area contributed by atoms with Gasteiger partial charge in [0.05, 0.1) is 15.6 Å². The number of nitrogens with one attached hydrogen (secondary N) is 1. The van der Waals surface area contributed by atoms with Crippen molar-refractivity contribution in [2.24, 2.45) is 0 Å². The number of nitrogens with zero attached hydrogens (tertiary/aromatic N) is 1. The first kappa shape index (κ1) is 20.1. The van der Waals surface area contributed by atoms with Crippen molar-refractivity contribution >= 4 is 40.9 Å². The van der Waals surface area contributed by atoms with Crippen LogP contribution < -0.4 is 5.32 Å². The van der Waals surface area contributed by atoms with Crippen molar-refractivity contribution in [3.05, 3.63) is 75.1 Å². The highest BCUT2D eigenvalue weighted by molar-refractivity contribution is 6.33. The first-order valence-corrected chi connectivity index (χ1v) is 8.03. The zero-order valence-electron chi connectivity index (χ0n) is 14.0. The summed E-state index contributed by atoms with van der Waals surface area (Å²) in [6, 6.07) is 8.99. The van der Waals surface area contributed by atoms with Crippen molar-refractivity contribution in [1.82, 2.24) is 0 Å². The number of anilines is 1. The maximum Gasteiger partial charge on any atom is 0.331 e. The summed E-state index contributed by atoms with van der Waals surface area (Å²) in [7, 11) is 0. The number of amides is 1. The Morgan fingerprint density at radius 3 is 2.52 bits per heavy atom. The van der Waals surface area contributed by atoms with Gasteiger partial charge in [-0.25, -0.2) is 9.18 Å². The SMILES string of the molecule is CC(OC(=O)/C=C/c1ccc([N+](=O)[O-])cc1)C(=O)Nc1ccc(F)cc1Cl.